The van der Waals surface area contributed by atoms with Crippen molar-refractivity contribution in [3.05, 3.63) is 65.5 Å². The number of anilines is 2. The summed E-state index contributed by atoms with van der Waals surface area (Å²) in [7, 11) is 3.83. The van der Waals surface area contributed by atoms with Crippen molar-refractivity contribution in [1.29, 1.82) is 0 Å². The van der Waals surface area contributed by atoms with E-state index in [0.717, 1.165) is 16.7 Å². The van der Waals surface area contributed by atoms with Crippen LogP contribution in [-0.4, -0.2) is 48.9 Å². The number of aryl methyl sites for hydroxylation is 1. The van der Waals surface area contributed by atoms with Crippen molar-refractivity contribution in [1.82, 2.24) is 9.97 Å². The van der Waals surface area contributed by atoms with Gasteiger partial charge in [0.05, 0.1) is 17.4 Å². The van der Waals surface area contributed by atoms with Crippen LogP contribution in [0, 0.1) is 6.92 Å². The van der Waals surface area contributed by atoms with Crippen LogP contribution in [0.2, 0.25) is 0 Å². The molecule has 0 saturated heterocycles. The van der Waals surface area contributed by atoms with Crippen LogP contribution in [0.4, 0.5) is 11.5 Å². The van der Waals surface area contributed by atoms with Crippen LogP contribution >= 0.6 is 20.1 Å². The zero-order chi connectivity index (χ0) is 25.1. The molecule has 0 unspecified atom stereocenters. The van der Waals surface area contributed by atoms with E-state index in [2.05, 4.69) is 21.0 Å². The lowest BCUT2D eigenvalue weighted by atomic mass is 10.0. The minimum absolute atomic E-state index is 0.0139. The Balaban J connectivity index is 0.00000199. The van der Waals surface area contributed by atoms with Gasteiger partial charge in [0.1, 0.15) is 6.29 Å². The number of carbonyl (C=O) groups is 2. The summed E-state index contributed by atoms with van der Waals surface area (Å²) < 4.78 is 10.5. The first-order valence-corrected chi connectivity index (χ1v) is 12.5. The second kappa shape index (κ2) is 13.7. The van der Waals surface area contributed by atoms with Gasteiger partial charge >= 0.3 is 0 Å². The van der Waals surface area contributed by atoms with E-state index in [4.69, 9.17) is 14.8 Å². The van der Waals surface area contributed by atoms with E-state index in [1.54, 1.807) is 44.2 Å². The van der Waals surface area contributed by atoms with E-state index in [1.165, 1.54) is 13.2 Å². The number of benzene rings is 2. The summed E-state index contributed by atoms with van der Waals surface area (Å²) in [5.74, 6) is -0.448. The van der Waals surface area contributed by atoms with Crippen LogP contribution in [0.25, 0.3) is 11.3 Å². The van der Waals surface area contributed by atoms with E-state index in [1.807, 2.05) is 31.2 Å². The SMILES string of the molecule is CN.COP(CSc1ccc(NC(=O)c2nc(-c3ccc(C)c(C=O)c3)cnc2N)cc1)OC. The molecule has 0 aliphatic carbocycles. The molecule has 9 nitrogen and oxygen atoms in total. The first kappa shape index (κ1) is 27.4. The van der Waals surface area contributed by atoms with Gasteiger partial charge in [-0.2, -0.15) is 0 Å². The fourth-order valence-electron chi connectivity index (χ4n) is 2.76. The van der Waals surface area contributed by atoms with Gasteiger partial charge in [-0.25, -0.2) is 9.97 Å². The molecule has 11 heteroatoms. The van der Waals surface area contributed by atoms with Crippen molar-refractivity contribution in [2.45, 2.75) is 11.8 Å². The summed E-state index contributed by atoms with van der Waals surface area (Å²) in [5.41, 5.74) is 14.3. The third-order valence-electron chi connectivity index (χ3n) is 4.57. The second-order valence-electron chi connectivity index (χ2n) is 6.63. The Morgan fingerprint density at radius 2 is 1.82 bits per heavy atom. The van der Waals surface area contributed by atoms with Gasteiger partial charge in [0.15, 0.2) is 19.9 Å². The summed E-state index contributed by atoms with van der Waals surface area (Å²) >= 11 is 1.61. The molecule has 1 heterocycles. The van der Waals surface area contributed by atoms with Crippen molar-refractivity contribution in [3.8, 4) is 11.3 Å². The minimum Gasteiger partial charge on any atom is -0.382 e. The first-order chi connectivity index (χ1) is 16.4. The number of thioether (sulfide) groups is 1. The maximum absolute atomic E-state index is 12.8. The summed E-state index contributed by atoms with van der Waals surface area (Å²) in [6.07, 6.45) is 2.26. The number of aldehydes is 1. The minimum atomic E-state index is -0.918. The molecule has 34 heavy (non-hydrogen) atoms. The van der Waals surface area contributed by atoms with Crippen molar-refractivity contribution >= 4 is 43.8 Å². The second-order valence-corrected chi connectivity index (χ2v) is 9.82. The fraction of sp³-hybridized carbons (Fsp3) is 0.217. The lowest BCUT2D eigenvalue weighted by molar-refractivity contribution is 0.102. The summed E-state index contributed by atoms with van der Waals surface area (Å²) in [6.45, 7) is 1.85. The van der Waals surface area contributed by atoms with E-state index in [0.29, 0.717) is 28.0 Å². The van der Waals surface area contributed by atoms with Crippen LogP contribution in [0.15, 0.2) is 53.6 Å². The zero-order valence-electron chi connectivity index (χ0n) is 19.4. The van der Waals surface area contributed by atoms with E-state index in [9.17, 15) is 9.59 Å². The van der Waals surface area contributed by atoms with Gasteiger partial charge in [-0.05, 0) is 49.9 Å². The van der Waals surface area contributed by atoms with Crippen molar-refractivity contribution in [3.63, 3.8) is 0 Å². The summed E-state index contributed by atoms with van der Waals surface area (Å²) in [5, 5.41) is 2.79. The lowest BCUT2D eigenvalue weighted by Crippen LogP contribution is -2.17. The van der Waals surface area contributed by atoms with Crippen molar-refractivity contribution in [2.24, 2.45) is 5.73 Å². The molecular weight excluding hydrogens is 473 g/mol. The van der Waals surface area contributed by atoms with Gasteiger partial charge in [0, 0.05) is 35.9 Å². The molecule has 2 aromatic carbocycles. The van der Waals surface area contributed by atoms with Crippen LogP contribution in [0.1, 0.15) is 26.4 Å². The molecule has 0 saturated carbocycles. The van der Waals surface area contributed by atoms with Crippen molar-refractivity contribution in [2.75, 3.05) is 37.8 Å². The Labute approximate surface area is 204 Å². The number of hydrogen-bond acceptors (Lipinski definition) is 9. The fourth-order valence-corrected chi connectivity index (χ4v) is 5.10. The summed E-state index contributed by atoms with van der Waals surface area (Å²) in [6, 6.07) is 12.7. The smallest absolute Gasteiger partial charge is 0.278 e. The molecule has 5 N–H and O–H groups in total. The molecule has 3 aromatic rings. The molecule has 0 atom stereocenters. The Hall–Kier alpha value is -2.88. The predicted molar refractivity (Wildman–Crippen MR) is 138 cm³/mol. The molecule has 180 valence electrons. The van der Waals surface area contributed by atoms with Crippen LogP contribution in [0.3, 0.4) is 0 Å². The highest BCUT2D eigenvalue weighted by atomic mass is 32.2. The lowest BCUT2D eigenvalue weighted by Gasteiger charge is -2.12. The molecule has 0 bridgehead atoms. The Morgan fingerprint density at radius 1 is 1.15 bits per heavy atom. The van der Waals surface area contributed by atoms with Gasteiger partial charge < -0.3 is 25.8 Å². The molecular formula is C23H28N5O4PS. The zero-order valence-corrected chi connectivity index (χ0v) is 21.2. The van der Waals surface area contributed by atoms with E-state index in [-0.39, 0.29) is 11.5 Å². The number of hydrogen-bond donors (Lipinski definition) is 3. The topological polar surface area (TPSA) is 142 Å². The maximum atomic E-state index is 12.8. The van der Waals surface area contributed by atoms with Crippen LogP contribution in [0.5, 0.6) is 0 Å². The van der Waals surface area contributed by atoms with Gasteiger partial charge in [0.2, 0.25) is 0 Å². The summed E-state index contributed by atoms with van der Waals surface area (Å²) in [4.78, 5) is 33.5. The number of nitrogen functional groups attached to an aromatic ring is 1. The van der Waals surface area contributed by atoms with Gasteiger partial charge in [0.25, 0.3) is 5.91 Å². The number of nitrogens with one attached hydrogen (secondary N) is 1. The maximum Gasteiger partial charge on any atom is 0.278 e. The molecule has 0 radical (unpaired) electrons. The molecule has 0 spiro atoms. The highest BCUT2D eigenvalue weighted by Gasteiger charge is 2.16. The quantitative estimate of drug-likeness (QED) is 0.222. The van der Waals surface area contributed by atoms with Crippen LogP contribution in [-0.2, 0) is 9.05 Å². The van der Waals surface area contributed by atoms with Crippen molar-refractivity contribution < 1.29 is 18.6 Å². The third-order valence-corrected chi connectivity index (χ3v) is 7.35. The van der Waals surface area contributed by atoms with Gasteiger partial charge in [-0.15, -0.1) is 11.8 Å². The predicted octanol–water partition coefficient (Wildman–Crippen LogP) is 4.33. The van der Waals surface area contributed by atoms with Gasteiger partial charge in [-0.3, -0.25) is 9.59 Å². The Morgan fingerprint density at radius 3 is 2.44 bits per heavy atom. The Kier molecular flexibility index (Phi) is 11.1. The molecule has 0 aliphatic heterocycles. The standard InChI is InChI=1S/C22H23N4O4PS.CH5N/c1-14-4-5-15(10-16(14)12-27)19-11-24-21(23)20(26-19)22(28)25-17-6-8-18(9-7-17)32-13-31(29-2)30-3;1-2/h4-12H,13H2,1-3H3,(H2,23,24)(H,25,28);2H2,1H3. The first-order valence-electron chi connectivity index (χ1n) is 10.1. The largest absolute Gasteiger partial charge is 0.382 e. The average molecular weight is 502 g/mol. The van der Waals surface area contributed by atoms with Crippen LogP contribution < -0.4 is 16.8 Å². The van der Waals surface area contributed by atoms with E-state index >= 15 is 0 Å². The molecule has 3 rings (SSSR count). The number of aromatic nitrogens is 2. The molecule has 0 fully saturated rings. The number of nitrogens with two attached hydrogens (primary N) is 2. The molecule has 1 aromatic heterocycles. The third kappa shape index (κ3) is 7.31. The average Bonchev–Trinajstić information content (AvgIpc) is 2.87. The number of amides is 1. The highest BCUT2D eigenvalue weighted by molar-refractivity contribution is 8.04. The molecule has 1 amide bonds. The van der Waals surface area contributed by atoms with Gasteiger partial charge in [-0.1, -0.05) is 12.1 Å². The number of nitrogens with zero attached hydrogens (tertiary/aromatic N) is 2. The number of rotatable bonds is 9. The van der Waals surface area contributed by atoms with E-state index < -0.39 is 14.3 Å². The number of carbonyl (C=O) groups excluding carboxylic acids is 2. The Bertz CT molecular complexity index is 1110. The monoisotopic (exact) mass is 501 g/mol. The normalized spacial score (nSPS) is 10.4. The molecule has 0 aliphatic rings. The highest BCUT2D eigenvalue weighted by Crippen LogP contribution is 2.42.